The summed E-state index contributed by atoms with van der Waals surface area (Å²) in [6.45, 7) is 10.8. The number of ether oxygens (including phenoxy) is 1. The Morgan fingerprint density at radius 2 is 1.52 bits per heavy atom. The molecular weight excluding hydrogens is 260 g/mol. The monoisotopic (exact) mass is 292 g/mol. The van der Waals surface area contributed by atoms with E-state index in [1.54, 1.807) is 0 Å². The lowest BCUT2D eigenvalue weighted by Crippen LogP contribution is -2.24. The van der Waals surface area contributed by atoms with Gasteiger partial charge in [0.25, 0.3) is 0 Å². The first-order valence-corrected chi connectivity index (χ1v) is 8.34. The van der Waals surface area contributed by atoms with Crippen molar-refractivity contribution in [2.75, 3.05) is 6.61 Å². The van der Waals surface area contributed by atoms with Gasteiger partial charge in [-0.05, 0) is 31.2 Å². The standard InChI is InChI=1S/C11H22O2.C8H10/c1-5-9(6-2)10(7-3)11(12)13-8-4;1-2-8-6-4-3-5-7-8/h9-10H,5-8H2,1-4H3;3-7H,2H2,1H3/t10-;/m1./s1. The van der Waals surface area contributed by atoms with Gasteiger partial charge >= 0.3 is 5.97 Å². The summed E-state index contributed by atoms with van der Waals surface area (Å²) >= 11 is 0. The van der Waals surface area contributed by atoms with Gasteiger partial charge < -0.3 is 4.74 Å². The third-order valence-corrected chi connectivity index (χ3v) is 3.90. The second-order valence-electron chi connectivity index (χ2n) is 5.18. The fourth-order valence-electron chi connectivity index (χ4n) is 2.51. The minimum Gasteiger partial charge on any atom is -0.466 e. The van der Waals surface area contributed by atoms with E-state index in [1.165, 1.54) is 5.56 Å². The predicted molar refractivity (Wildman–Crippen MR) is 90.3 cm³/mol. The van der Waals surface area contributed by atoms with E-state index in [0.717, 1.165) is 25.7 Å². The Balaban J connectivity index is 0.000000423. The molecule has 0 spiro atoms. The molecule has 0 aromatic heterocycles. The van der Waals surface area contributed by atoms with Crippen LogP contribution in [0.5, 0.6) is 0 Å². The van der Waals surface area contributed by atoms with Crippen LogP contribution in [-0.2, 0) is 16.0 Å². The van der Waals surface area contributed by atoms with E-state index < -0.39 is 0 Å². The summed E-state index contributed by atoms with van der Waals surface area (Å²) in [7, 11) is 0. The largest absolute Gasteiger partial charge is 0.466 e. The lowest BCUT2D eigenvalue weighted by molar-refractivity contribution is -0.150. The Morgan fingerprint density at radius 1 is 0.952 bits per heavy atom. The molecular formula is C19H32O2. The number of benzene rings is 1. The molecule has 0 N–H and O–H groups in total. The maximum Gasteiger partial charge on any atom is 0.309 e. The molecule has 0 fully saturated rings. The van der Waals surface area contributed by atoms with Crippen LogP contribution in [0, 0.1) is 11.8 Å². The molecule has 0 saturated heterocycles. The van der Waals surface area contributed by atoms with Gasteiger partial charge in [0.05, 0.1) is 12.5 Å². The minimum absolute atomic E-state index is 0.0151. The number of hydrogen-bond acceptors (Lipinski definition) is 2. The Labute approximate surface area is 130 Å². The van der Waals surface area contributed by atoms with Crippen LogP contribution in [0.15, 0.2) is 30.3 Å². The van der Waals surface area contributed by atoms with Crippen molar-refractivity contribution in [1.82, 2.24) is 0 Å². The van der Waals surface area contributed by atoms with E-state index >= 15 is 0 Å². The number of esters is 1. The van der Waals surface area contributed by atoms with Gasteiger partial charge in [0.2, 0.25) is 0 Å². The molecule has 0 aliphatic heterocycles. The summed E-state index contributed by atoms with van der Waals surface area (Å²) < 4.78 is 5.04. The van der Waals surface area contributed by atoms with Gasteiger partial charge in [-0.15, -0.1) is 0 Å². The van der Waals surface area contributed by atoms with E-state index in [1.807, 2.05) is 13.0 Å². The zero-order chi connectivity index (χ0) is 16.1. The molecule has 1 aromatic rings. The van der Waals surface area contributed by atoms with Crippen molar-refractivity contribution in [1.29, 1.82) is 0 Å². The number of carbonyl (C=O) groups is 1. The van der Waals surface area contributed by atoms with E-state index in [4.69, 9.17) is 4.74 Å². The number of rotatable bonds is 7. The van der Waals surface area contributed by atoms with Crippen LogP contribution < -0.4 is 0 Å². The van der Waals surface area contributed by atoms with Gasteiger partial charge in [-0.3, -0.25) is 4.79 Å². The first-order chi connectivity index (χ1) is 10.1. The average Bonchev–Trinajstić information content (AvgIpc) is 2.54. The van der Waals surface area contributed by atoms with E-state index in [0.29, 0.717) is 12.5 Å². The maximum atomic E-state index is 11.5. The van der Waals surface area contributed by atoms with Crippen molar-refractivity contribution < 1.29 is 9.53 Å². The topological polar surface area (TPSA) is 26.3 Å². The quantitative estimate of drug-likeness (QED) is 0.641. The Kier molecular flexibility index (Phi) is 11.7. The van der Waals surface area contributed by atoms with E-state index in [-0.39, 0.29) is 11.9 Å². The number of hydrogen-bond donors (Lipinski definition) is 0. The van der Waals surface area contributed by atoms with Crippen LogP contribution in [0.25, 0.3) is 0 Å². The first kappa shape index (κ1) is 19.7. The lowest BCUT2D eigenvalue weighted by Gasteiger charge is -2.21. The van der Waals surface area contributed by atoms with Crippen molar-refractivity contribution in [3.8, 4) is 0 Å². The van der Waals surface area contributed by atoms with Gasteiger partial charge in [0, 0.05) is 0 Å². The second kappa shape index (κ2) is 12.4. The first-order valence-electron chi connectivity index (χ1n) is 8.34. The summed E-state index contributed by atoms with van der Waals surface area (Å²) in [5.41, 5.74) is 1.41. The van der Waals surface area contributed by atoms with Crippen LogP contribution in [0.1, 0.15) is 59.4 Å². The highest BCUT2D eigenvalue weighted by Crippen LogP contribution is 2.23. The van der Waals surface area contributed by atoms with E-state index in [9.17, 15) is 4.79 Å². The predicted octanol–water partition coefficient (Wildman–Crippen LogP) is 5.26. The molecule has 1 aromatic carbocycles. The highest BCUT2D eigenvalue weighted by atomic mass is 16.5. The third-order valence-electron chi connectivity index (χ3n) is 3.90. The minimum atomic E-state index is -0.0151. The number of carbonyl (C=O) groups excluding carboxylic acids is 1. The van der Waals surface area contributed by atoms with Crippen molar-refractivity contribution in [3.05, 3.63) is 35.9 Å². The summed E-state index contributed by atoms with van der Waals surface area (Å²) in [4.78, 5) is 11.5. The molecule has 1 rings (SSSR count). The molecule has 1 atom stereocenters. The van der Waals surface area contributed by atoms with Crippen molar-refractivity contribution in [2.45, 2.75) is 60.3 Å². The molecule has 0 heterocycles. The second-order valence-corrected chi connectivity index (χ2v) is 5.18. The Bertz CT molecular complexity index is 355. The van der Waals surface area contributed by atoms with Gasteiger partial charge in [-0.2, -0.15) is 0 Å². The SMILES string of the molecule is CCOC(=O)[C@H](CC)C(CC)CC.CCc1ccccc1. The normalized spacial score (nSPS) is 11.5. The average molecular weight is 292 g/mol. The molecule has 0 saturated carbocycles. The number of aryl methyl sites for hydroxylation is 1. The van der Waals surface area contributed by atoms with Crippen LogP contribution in [0.2, 0.25) is 0 Å². The fraction of sp³-hybridized carbons (Fsp3) is 0.632. The molecule has 0 bridgehead atoms. The Hall–Kier alpha value is -1.31. The molecule has 21 heavy (non-hydrogen) atoms. The molecule has 0 aliphatic carbocycles. The summed E-state index contributed by atoms with van der Waals surface area (Å²) in [6.07, 6.45) is 4.16. The Morgan fingerprint density at radius 3 is 1.86 bits per heavy atom. The van der Waals surface area contributed by atoms with Crippen LogP contribution in [0.3, 0.4) is 0 Å². The maximum absolute atomic E-state index is 11.5. The van der Waals surface area contributed by atoms with Crippen molar-refractivity contribution in [2.24, 2.45) is 11.8 Å². The molecule has 2 heteroatoms. The molecule has 0 radical (unpaired) electrons. The summed E-state index contributed by atoms with van der Waals surface area (Å²) in [5.74, 6) is 0.581. The zero-order valence-electron chi connectivity index (χ0n) is 14.4. The van der Waals surface area contributed by atoms with Crippen LogP contribution >= 0.6 is 0 Å². The van der Waals surface area contributed by atoms with Crippen molar-refractivity contribution in [3.63, 3.8) is 0 Å². The van der Waals surface area contributed by atoms with E-state index in [2.05, 4.69) is 52.0 Å². The molecule has 0 amide bonds. The van der Waals surface area contributed by atoms with Crippen molar-refractivity contribution >= 4 is 5.97 Å². The van der Waals surface area contributed by atoms with Gasteiger partial charge in [0.1, 0.15) is 0 Å². The van der Waals surface area contributed by atoms with Gasteiger partial charge in [-0.1, -0.05) is 70.9 Å². The third kappa shape index (κ3) is 7.89. The molecule has 120 valence electrons. The smallest absolute Gasteiger partial charge is 0.309 e. The zero-order valence-corrected chi connectivity index (χ0v) is 14.4. The molecule has 0 aliphatic rings. The fourth-order valence-corrected chi connectivity index (χ4v) is 2.51. The summed E-state index contributed by atoms with van der Waals surface area (Å²) in [6, 6.07) is 10.5. The molecule has 0 unspecified atom stereocenters. The highest BCUT2D eigenvalue weighted by Gasteiger charge is 2.24. The van der Waals surface area contributed by atoms with Crippen LogP contribution in [-0.4, -0.2) is 12.6 Å². The van der Waals surface area contributed by atoms with Gasteiger partial charge in [-0.25, -0.2) is 0 Å². The summed E-state index contributed by atoms with van der Waals surface area (Å²) in [5, 5.41) is 0. The molecule has 2 nitrogen and oxygen atoms in total. The highest BCUT2D eigenvalue weighted by molar-refractivity contribution is 5.72. The van der Waals surface area contributed by atoms with Gasteiger partial charge in [0.15, 0.2) is 0 Å². The lowest BCUT2D eigenvalue weighted by atomic mass is 9.86. The van der Waals surface area contributed by atoms with Crippen LogP contribution in [0.4, 0.5) is 0 Å².